The standard InChI is InChI=1S/C29H27N3O5/c1-2-31-21-11-7-6-10-19(21)20-14-18(12-13-22(20)31)25-23-24(29(16-33,30-25)28(36)37)27(35)32(26(23)34)15-17-8-4-3-5-9-17/h3-14,23-25,30,33H,2,15-16H2,1H3,(H,36,37). The number of aromatic nitrogens is 1. The van der Waals surface area contributed by atoms with Crippen molar-refractivity contribution in [3.05, 3.63) is 83.9 Å². The number of benzene rings is 3. The van der Waals surface area contributed by atoms with Crippen LogP contribution < -0.4 is 5.32 Å². The number of nitrogens with one attached hydrogen (secondary N) is 1. The van der Waals surface area contributed by atoms with Gasteiger partial charge in [-0.25, -0.2) is 0 Å². The first-order valence-corrected chi connectivity index (χ1v) is 12.4. The number of nitrogens with zero attached hydrogens (tertiary/aromatic N) is 2. The summed E-state index contributed by atoms with van der Waals surface area (Å²) in [6.07, 6.45) is 0. The number of aliphatic hydroxyl groups excluding tert-OH is 1. The van der Waals surface area contributed by atoms with Crippen molar-refractivity contribution in [3.63, 3.8) is 0 Å². The lowest BCUT2D eigenvalue weighted by molar-refractivity contribution is -0.153. The second kappa shape index (κ2) is 8.54. The molecule has 2 aliphatic heterocycles. The number of carbonyl (C=O) groups excluding carboxylic acids is 2. The van der Waals surface area contributed by atoms with Gasteiger partial charge in [0.1, 0.15) is 0 Å². The summed E-state index contributed by atoms with van der Waals surface area (Å²) in [6.45, 7) is 2.11. The number of aliphatic hydroxyl groups is 1. The molecule has 4 unspecified atom stereocenters. The minimum Gasteiger partial charge on any atom is -0.480 e. The van der Waals surface area contributed by atoms with Crippen molar-refractivity contribution in [2.75, 3.05) is 6.61 Å². The van der Waals surface area contributed by atoms with E-state index in [0.717, 1.165) is 38.8 Å². The largest absolute Gasteiger partial charge is 0.480 e. The van der Waals surface area contributed by atoms with E-state index in [9.17, 15) is 24.6 Å². The van der Waals surface area contributed by atoms with Crippen LogP contribution in [0.5, 0.6) is 0 Å². The Kier molecular flexibility index (Phi) is 5.40. The van der Waals surface area contributed by atoms with Crippen LogP contribution in [0, 0.1) is 11.8 Å². The Bertz CT molecular complexity index is 1560. The predicted octanol–water partition coefficient (Wildman–Crippen LogP) is 3.08. The molecular formula is C29H27N3O5. The van der Waals surface area contributed by atoms with Gasteiger partial charge in [0.25, 0.3) is 0 Å². The first-order chi connectivity index (χ1) is 17.9. The molecule has 4 atom stereocenters. The Balaban J connectivity index is 1.48. The monoisotopic (exact) mass is 497 g/mol. The van der Waals surface area contributed by atoms with Crippen LogP contribution in [0.2, 0.25) is 0 Å². The van der Waals surface area contributed by atoms with Crippen LogP contribution in [0.4, 0.5) is 0 Å². The van der Waals surface area contributed by atoms with Crippen LogP contribution in [-0.2, 0) is 27.5 Å². The number of para-hydroxylation sites is 1. The quantitative estimate of drug-likeness (QED) is 0.353. The summed E-state index contributed by atoms with van der Waals surface area (Å²) in [5, 5.41) is 25.6. The number of rotatable bonds is 6. The van der Waals surface area contributed by atoms with E-state index in [4.69, 9.17) is 0 Å². The van der Waals surface area contributed by atoms with Crippen LogP contribution in [0.15, 0.2) is 72.8 Å². The summed E-state index contributed by atoms with van der Waals surface area (Å²) in [7, 11) is 0. The summed E-state index contributed by atoms with van der Waals surface area (Å²) in [6, 6.07) is 22.3. The van der Waals surface area contributed by atoms with Gasteiger partial charge < -0.3 is 14.8 Å². The van der Waals surface area contributed by atoms with Crippen molar-refractivity contribution < 1.29 is 24.6 Å². The maximum absolute atomic E-state index is 13.7. The molecule has 2 saturated heterocycles. The Morgan fingerprint density at radius 3 is 2.35 bits per heavy atom. The molecule has 0 aliphatic carbocycles. The van der Waals surface area contributed by atoms with E-state index in [2.05, 4.69) is 22.9 Å². The molecule has 3 N–H and O–H groups in total. The molecule has 0 bridgehead atoms. The summed E-state index contributed by atoms with van der Waals surface area (Å²) < 4.78 is 2.21. The molecule has 37 heavy (non-hydrogen) atoms. The molecule has 2 aliphatic rings. The minimum atomic E-state index is -1.96. The maximum Gasteiger partial charge on any atom is 0.327 e. The van der Waals surface area contributed by atoms with Crippen molar-refractivity contribution in [2.45, 2.75) is 31.6 Å². The van der Waals surface area contributed by atoms with Crippen LogP contribution in [0.1, 0.15) is 24.1 Å². The fraction of sp³-hybridized carbons (Fsp3) is 0.276. The van der Waals surface area contributed by atoms with E-state index in [1.807, 2.05) is 66.7 Å². The number of amides is 2. The number of hydrogen-bond acceptors (Lipinski definition) is 5. The average molecular weight is 498 g/mol. The number of hydrogen-bond donors (Lipinski definition) is 3. The molecule has 0 saturated carbocycles. The van der Waals surface area contributed by atoms with Gasteiger partial charge in [0.15, 0.2) is 5.54 Å². The van der Waals surface area contributed by atoms with E-state index in [1.54, 1.807) is 0 Å². The van der Waals surface area contributed by atoms with Gasteiger partial charge in [0, 0.05) is 34.4 Å². The van der Waals surface area contributed by atoms with Gasteiger partial charge >= 0.3 is 5.97 Å². The number of fused-ring (bicyclic) bond motifs is 4. The Morgan fingerprint density at radius 1 is 0.946 bits per heavy atom. The summed E-state index contributed by atoms with van der Waals surface area (Å²) in [4.78, 5) is 41.0. The van der Waals surface area contributed by atoms with Gasteiger partial charge in [-0.15, -0.1) is 0 Å². The normalized spacial score (nSPS) is 25.4. The molecule has 2 amide bonds. The predicted molar refractivity (Wildman–Crippen MR) is 137 cm³/mol. The molecule has 1 aromatic heterocycles. The number of carboxylic acid groups (broad SMARTS) is 1. The van der Waals surface area contributed by atoms with E-state index in [-0.39, 0.29) is 6.54 Å². The third-order valence-corrected chi connectivity index (χ3v) is 8.03. The second-order valence-corrected chi connectivity index (χ2v) is 9.85. The first kappa shape index (κ1) is 23.4. The van der Waals surface area contributed by atoms with E-state index >= 15 is 0 Å². The first-order valence-electron chi connectivity index (χ1n) is 12.4. The molecule has 8 nitrogen and oxygen atoms in total. The highest BCUT2D eigenvalue weighted by Gasteiger charge is 2.68. The summed E-state index contributed by atoms with van der Waals surface area (Å²) in [5.74, 6) is -4.52. The van der Waals surface area contributed by atoms with Gasteiger partial charge in [-0.05, 0) is 36.2 Å². The number of carbonyl (C=O) groups is 3. The number of aryl methyl sites for hydroxylation is 1. The van der Waals surface area contributed by atoms with Crippen molar-refractivity contribution in [1.82, 2.24) is 14.8 Å². The van der Waals surface area contributed by atoms with Crippen LogP contribution in [0.25, 0.3) is 21.8 Å². The van der Waals surface area contributed by atoms with Gasteiger partial charge in [0.05, 0.1) is 25.0 Å². The fourth-order valence-electron chi connectivity index (χ4n) is 6.29. The lowest BCUT2D eigenvalue weighted by atomic mass is 9.79. The summed E-state index contributed by atoms with van der Waals surface area (Å²) in [5.41, 5.74) is 1.65. The Hall–Kier alpha value is -4.01. The molecule has 6 rings (SSSR count). The second-order valence-electron chi connectivity index (χ2n) is 9.85. The number of likely N-dealkylation sites (tertiary alicyclic amines) is 1. The molecule has 3 aromatic carbocycles. The van der Waals surface area contributed by atoms with Crippen LogP contribution in [-0.4, -0.2) is 49.6 Å². The smallest absolute Gasteiger partial charge is 0.327 e. The highest BCUT2D eigenvalue weighted by Crippen LogP contribution is 2.49. The molecule has 0 radical (unpaired) electrons. The SMILES string of the molecule is CCn1c2ccccc2c2cc(C3NC(CO)(C(=O)O)C4C(=O)N(Cc5ccccc5)C(=O)C34)ccc21. The van der Waals surface area contributed by atoms with Crippen LogP contribution >= 0.6 is 0 Å². The molecule has 3 heterocycles. The molecule has 8 heteroatoms. The van der Waals surface area contributed by atoms with Gasteiger partial charge in [-0.1, -0.05) is 54.6 Å². The molecule has 188 valence electrons. The Morgan fingerprint density at radius 2 is 1.65 bits per heavy atom. The topological polar surface area (TPSA) is 112 Å². The molecule has 2 fully saturated rings. The lowest BCUT2D eigenvalue weighted by Gasteiger charge is -2.29. The van der Waals surface area contributed by atoms with Gasteiger partial charge in [-0.3, -0.25) is 24.6 Å². The van der Waals surface area contributed by atoms with Gasteiger partial charge in [0.2, 0.25) is 11.8 Å². The van der Waals surface area contributed by atoms with Crippen molar-refractivity contribution >= 4 is 39.6 Å². The highest BCUT2D eigenvalue weighted by molar-refractivity contribution is 6.10. The highest BCUT2D eigenvalue weighted by atomic mass is 16.4. The zero-order valence-electron chi connectivity index (χ0n) is 20.3. The minimum absolute atomic E-state index is 0.0579. The zero-order chi connectivity index (χ0) is 25.9. The third-order valence-electron chi connectivity index (χ3n) is 8.03. The molecule has 4 aromatic rings. The van der Waals surface area contributed by atoms with E-state index < -0.39 is 47.8 Å². The van der Waals surface area contributed by atoms with Crippen molar-refractivity contribution in [1.29, 1.82) is 0 Å². The van der Waals surface area contributed by atoms with Crippen LogP contribution in [0.3, 0.4) is 0 Å². The molecule has 0 spiro atoms. The number of imide groups is 1. The third kappa shape index (κ3) is 3.26. The van der Waals surface area contributed by atoms with Gasteiger partial charge in [-0.2, -0.15) is 0 Å². The Labute approximate surface area is 213 Å². The van der Waals surface area contributed by atoms with E-state index in [1.165, 1.54) is 0 Å². The maximum atomic E-state index is 13.7. The number of carboxylic acids is 1. The van der Waals surface area contributed by atoms with E-state index in [0.29, 0.717) is 5.56 Å². The lowest BCUT2D eigenvalue weighted by Crippen LogP contribution is -2.58. The van der Waals surface area contributed by atoms with Crippen molar-refractivity contribution in [2.24, 2.45) is 11.8 Å². The zero-order valence-corrected chi connectivity index (χ0v) is 20.3. The molecular weight excluding hydrogens is 470 g/mol. The van der Waals surface area contributed by atoms with Crippen molar-refractivity contribution in [3.8, 4) is 0 Å². The fourth-order valence-corrected chi connectivity index (χ4v) is 6.29. The average Bonchev–Trinajstić information content (AvgIpc) is 3.52. The number of aliphatic carboxylic acids is 1. The summed E-state index contributed by atoms with van der Waals surface area (Å²) >= 11 is 0.